The smallest absolute Gasteiger partial charge is 0.230 e. The minimum absolute atomic E-state index is 0.259. The van der Waals surface area contributed by atoms with Crippen molar-refractivity contribution in [2.45, 2.75) is 24.9 Å². The number of ether oxygens (including phenoxy) is 2. The molecule has 1 aromatic carbocycles. The summed E-state index contributed by atoms with van der Waals surface area (Å²) in [5.41, 5.74) is 0.889. The summed E-state index contributed by atoms with van der Waals surface area (Å²) in [5.74, 6) is 2.63. The van der Waals surface area contributed by atoms with Crippen molar-refractivity contribution in [3.05, 3.63) is 47.6 Å². The number of hydrogen-bond acceptors (Lipinski definition) is 6. The van der Waals surface area contributed by atoms with Crippen molar-refractivity contribution in [3.63, 3.8) is 0 Å². The second-order valence-electron chi connectivity index (χ2n) is 6.06. The number of thioether (sulfide) groups is 1. The molecule has 1 aromatic heterocycles. The van der Waals surface area contributed by atoms with Crippen molar-refractivity contribution in [1.82, 2.24) is 10.1 Å². The van der Waals surface area contributed by atoms with Gasteiger partial charge in [0.1, 0.15) is 5.41 Å². The summed E-state index contributed by atoms with van der Waals surface area (Å²) in [7, 11) is 0. The average Bonchev–Trinajstić information content (AvgIpc) is 3.01. The molecule has 23 heavy (non-hydrogen) atoms. The lowest BCUT2D eigenvalue weighted by atomic mass is 9.86. The molecule has 2 aromatic rings. The van der Waals surface area contributed by atoms with Crippen LogP contribution in [-0.2, 0) is 21.5 Å². The average molecular weight is 334 g/mol. The molecule has 6 heteroatoms. The van der Waals surface area contributed by atoms with Gasteiger partial charge in [0.25, 0.3) is 0 Å². The fourth-order valence-corrected chi connectivity index (χ4v) is 3.18. The van der Waals surface area contributed by atoms with Crippen LogP contribution in [0.4, 0.5) is 0 Å². The molecular weight excluding hydrogens is 312 g/mol. The number of hydrogen-bond donors (Lipinski definition) is 0. The van der Waals surface area contributed by atoms with Gasteiger partial charge in [-0.05, 0) is 11.8 Å². The summed E-state index contributed by atoms with van der Waals surface area (Å²) in [4.78, 5) is 4.60. The molecule has 0 bridgehead atoms. The fourth-order valence-electron chi connectivity index (χ4n) is 2.54. The van der Waals surface area contributed by atoms with E-state index in [0.29, 0.717) is 38.1 Å². The molecule has 0 spiro atoms. The first-order chi connectivity index (χ1) is 11.2. The Kier molecular flexibility index (Phi) is 5.35. The van der Waals surface area contributed by atoms with Gasteiger partial charge >= 0.3 is 0 Å². The third kappa shape index (κ3) is 3.76. The highest BCUT2D eigenvalue weighted by atomic mass is 32.2. The van der Waals surface area contributed by atoms with E-state index in [9.17, 15) is 0 Å². The minimum atomic E-state index is -0.268. The van der Waals surface area contributed by atoms with Gasteiger partial charge in [-0.15, -0.1) is 0 Å². The maximum atomic E-state index is 5.89. The van der Waals surface area contributed by atoms with Crippen LogP contribution in [0.15, 0.2) is 34.9 Å². The molecule has 1 atom stereocenters. The minimum Gasteiger partial charge on any atom is -0.379 e. The lowest BCUT2D eigenvalue weighted by Gasteiger charge is -2.38. The Morgan fingerprint density at radius 1 is 1.30 bits per heavy atom. The van der Waals surface area contributed by atoms with E-state index in [2.05, 4.69) is 35.5 Å². The Morgan fingerprint density at radius 2 is 2.09 bits per heavy atom. The van der Waals surface area contributed by atoms with Gasteiger partial charge in [0, 0.05) is 11.7 Å². The van der Waals surface area contributed by atoms with Crippen LogP contribution < -0.4 is 0 Å². The summed E-state index contributed by atoms with van der Waals surface area (Å²) in [5, 5.41) is 4.18. The van der Waals surface area contributed by atoms with E-state index in [0.717, 1.165) is 11.3 Å². The SMILES string of the molecule is CSCC(C)c1nc(C2(COCc3ccccc3)COC2)no1. The maximum Gasteiger partial charge on any atom is 0.230 e. The van der Waals surface area contributed by atoms with Gasteiger partial charge in [0.15, 0.2) is 5.82 Å². The largest absolute Gasteiger partial charge is 0.379 e. The molecule has 3 rings (SSSR count). The molecule has 0 radical (unpaired) electrons. The zero-order valence-electron chi connectivity index (χ0n) is 13.5. The second kappa shape index (κ2) is 7.47. The topological polar surface area (TPSA) is 57.4 Å². The van der Waals surface area contributed by atoms with Crippen molar-refractivity contribution < 1.29 is 14.0 Å². The molecule has 1 fully saturated rings. The Balaban J connectivity index is 1.62. The highest BCUT2D eigenvalue weighted by molar-refractivity contribution is 7.98. The van der Waals surface area contributed by atoms with Crippen LogP contribution in [0.2, 0.25) is 0 Å². The first kappa shape index (κ1) is 16.5. The summed E-state index contributed by atoms with van der Waals surface area (Å²) >= 11 is 1.78. The van der Waals surface area contributed by atoms with Crippen molar-refractivity contribution in [1.29, 1.82) is 0 Å². The van der Waals surface area contributed by atoms with E-state index in [1.807, 2.05) is 18.2 Å². The standard InChI is InChI=1S/C17H22N2O3S/c1-13(9-23-2)15-18-16(19-22-15)17(11-21-12-17)10-20-8-14-6-4-3-5-7-14/h3-7,13H,8-12H2,1-2H3. The zero-order valence-corrected chi connectivity index (χ0v) is 14.3. The van der Waals surface area contributed by atoms with Crippen LogP contribution in [0.25, 0.3) is 0 Å². The molecular formula is C17H22N2O3S. The molecule has 0 amide bonds. The second-order valence-corrected chi connectivity index (χ2v) is 6.97. The van der Waals surface area contributed by atoms with Gasteiger partial charge in [-0.25, -0.2) is 0 Å². The third-order valence-corrected chi connectivity index (χ3v) is 4.83. The van der Waals surface area contributed by atoms with Gasteiger partial charge in [-0.2, -0.15) is 16.7 Å². The quantitative estimate of drug-likeness (QED) is 0.739. The lowest BCUT2D eigenvalue weighted by molar-refractivity contribution is -0.106. The summed E-state index contributed by atoms with van der Waals surface area (Å²) in [6.45, 7) is 4.38. The van der Waals surface area contributed by atoms with E-state index >= 15 is 0 Å². The summed E-state index contributed by atoms with van der Waals surface area (Å²) < 4.78 is 16.7. The molecule has 0 N–H and O–H groups in total. The summed E-state index contributed by atoms with van der Waals surface area (Å²) in [6, 6.07) is 10.1. The van der Waals surface area contributed by atoms with Gasteiger partial charge in [-0.3, -0.25) is 0 Å². The van der Waals surface area contributed by atoms with Crippen LogP contribution in [0, 0.1) is 0 Å². The molecule has 1 aliphatic rings. The molecule has 2 heterocycles. The van der Waals surface area contributed by atoms with E-state index in [-0.39, 0.29) is 11.3 Å². The van der Waals surface area contributed by atoms with Crippen LogP contribution in [0.5, 0.6) is 0 Å². The van der Waals surface area contributed by atoms with Crippen LogP contribution >= 0.6 is 11.8 Å². The normalized spacial score (nSPS) is 17.7. The Labute approximate surface area is 140 Å². The fraction of sp³-hybridized carbons (Fsp3) is 0.529. The van der Waals surface area contributed by atoms with Crippen molar-refractivity contribution in [2.24, 2.45) is 0 Å². The van der Waals surface area contributed by atoms with E-state index in [4.69, 9.17) is 14.0 Å². The van der Waals surface area contributed by atoms with Crippen LogP contribution in [0.3, 0.4) is 0 Å². The Bertz CT molecular complexity index is 613. The number of aromatic nitrogens is 2. The zero-order chi connectivity index (χ0) is 16.1. The van der Waals surface area contributed by atoms with E-state index in [1.165, 1.54) is 0 Å². The Hall–Kier alpha value is -1.37. The van der Waals surface area contributed by atoms with Crippen molar-refractivity contribution in [3.8, 4) is 0 Å². The van der Waals surface area contributed by atoms with Gasteiger partial charge in [0.2, 0.25) is 5.89 Å². The van der Waals surface area contributed by atoms with Gasteiger partial charge < -0.3 is 14.0 Å². The molecule has 1 saturated heterocycles. The third-order valence-electron chi connectivity index (χ3n) is 4.00. The molecule has 1 unspecified atom stereocenters. The maximum absolute atomic E-state index is 5.89. The van der Waals surface area contributed by atoms with Crippen molar-refractivity contribution in [2.75, 3.05) is 31.8 Å². The van der Waals surface area contributed by atoms with Gasteiger partial charge in [0.05, 0.1) is 26.4 Å². The van der Waals surface area contributed by atoms with Crippen molar-refractivity contribution >= 4 is 11.8 Å². The number of benzene rings is 1. The summed E-state index contributed by atoms with van der Waals surface area (Å²) in [6.07, 6.45) is 2.08. The predicted molar refractivity (Wildman–Crippen MR) is 89.7 cm³/mol. The molecule has 124 valence electrons. The predicted octanol–water partition coefficient (Wildman–Crippen LogP) is 3.02. The van der Waals surface area contributed by atoms with Crippen LogP contribution in [0.1, 0.15) is 30.1 Å². The monoisotopic (exact) mass is 334 g/mol. The van der Waals surface area contributed by atoms with E-state index in [1.54, 1.807) is 11.8 Å². The molecule has 0 saturated carbocycles. The molecule has 1 aliphatic heterocycles. The van der Waals surface area contributed by atoms with Gasteiger partial charge in [-0.1, -0.05) is 42.4 Å². The highest BCUT2D eigenvalue weighted by Crippen LogP contribution is 2.32. The highest BCUT2D eigenvalue weighted by Gasteiger charge is 2.45. The lowest BCUT2D eigenvalue weighted by Crippen LogP contribution is -2.51. The van der Waals surface area contributed by atoms with E-state index < -0.39 is 0 Å². The molecule has 0 aliphatic carbocycles. The number of nitrogens with zero attached hydrogens (tertiary/aromatic N) is 2. The first-order valence-corrected chi connectivity index (χ1v) is 9.15. The number of rotatable bonds is 8. The Morgan fingerprint density at radius 3 is 2.74 bits per heavy atom. The van der Waals surface area contributed by atoms with Crippen LogP contribution in [-0.4, -0.2) is 42.0 Å². The molecule has 5 nitrogen and oxygen atoms in total. The first-order valence-electron chi connectivity index (χ1n) is 7.76.